The number of piperazine rings is 1. The molecule has 2 rings (SSSR count). The largest absolute Gasteiger partial charge is 0.472 e. The van der Waals surface area contributed by atoms with Crippen LogP contribution in [0.1, 0.15) is 12.5 Å². The standard InChI is InChI=1S/C10H16N2O/c1-9-6-12(4-3-11-9)7-10-2-5-13-8-10/h2,5,8-9,11H,3-4,6-7H2,1H3. The molecule has 72 valence electrons. The number of hydrogen-bond acceptors (Lipinski definition) is 3. The molecular weight excluding hydrogens is 164 g/mol. The molecule has 0 spiro atoms. The smallest absolute Gasteiger partial charge is 0.0947 e. The van der Waals surface area contributed by atoms with Crippen LogP contribution >= 0.6 is 0 Å². The maximum absolute atomic E-state index is 5.04. The number of nitrogens with zero attached hydrogens (tertiary/aromatic N) is 1. The second kappa shape index (κ2) is 3.94. The van der Waals surface area contributed by atoms with E-state index in [1.807, 2.05) is 12.3 Å². The van der Waals surface area contributed by atoms with Gasteiger partial charge in [-0.2, -0.15) is 0 Å². The molecule has 0 aliphatic carbocycles. The lowest BCUT2D eigenvalue weighted by Gasteiger charge is -2.31. The Hall–Kier alpha value is -0.800. The minimum absolute atomic E-state index is 0.612. The molecule has 3 heteroatoms. The van der Waals surface area contributed by atoms with E-state index in [2.05, 4.69) is 17.1 Å². The first-order chi connectivity index (χ1) is 6.34. The Morgan fingerprint density at radius 3 is 3.31 bits per heavy atom. The van der Waals surface area contributed by atoms with Crippen LogP contribution in [0, 0.1) is 0 Å². The average Bonchev–Trinajstić information content (AvgIpc) is 2.57. The van der Waals surface area contributed by atoms with Crippen molar-refractivity contribution in [3.63, 3.8) is 0 Å². The van der Waals surface area contributed by atoms with E-state index in [9.17, 15) is 0 Å². The third-order valence-corrected chi connectivity index (χ3v) is 2.44. The van der Waals surface area contributed by atoms with Crippen LogP contribution in [0.3, 0.4) is 0 Å². The zero-order chi connectivity index (χ0) is 9.10. The van der Waals surface area contributed by atoms with Gasteiger partial charge in [-0.15, -0.1) is 0 Å². The van der Waals surface area contributed by atoms with E-state index in [-0.39, 0.29) is 0 Å². The normalized spacial score (nSPS) is 24.8. The highest BCUT2D eigenvalue weighted by Gasteiger charge is 2.15. The third-order valence-electron chi connectivity index (χ3n) is 2.44. The van der Waals surface area contributed by atoms with E-state index in [1.165, 1.54) is 5.56 Å². The van der Waals surface area contributed by atoms with Gasteiger partial charge in [0.15, 0.2) is 0 Å². The summed E-state index contributed by atoms with van der Waals surface area (Å²) in [5, 5.41) is 3.43. The van der Waals surface area contributed by atoms with Crippen molar-refractivity contribution in [2.75, 3.05) is 19.6 Å². The van der Waals surface area contributed by atoms with Gasteiger partial charge in [-0.25, -0.2) is 0 Å². The van der Waals surface area contributed by atoms with Crippen molar-refractivity contribution >= 4 is 0 Å². The van der Waals surface area contributed by atoms with Gasteiger partial charge >= 0.3 is 0 Å². The van der Waals surface area contributed by atoms with Gasteiger partial charge in [0.1, 0.15) is 0 Å². The van der Waals surface area contributed by atoms with E-state index in [0.29, 0.717) is 6.04 Å². The van der Waals surface area contributed by atoms with Crippen LogP contribution in [0.5, 0.6) is 0 Å². The highest BCUT2D eigenvalue weighted by Crippen LogP contribution is 2.07. The molecule has 1 saturated heterocycles. The van der Waals surface area contributed by atoms with E-state index in [1.54, 1.807) is 6.26 Å². The van der Waals surface area contributed by atoms with Crippen molar-refractivity contribution in [3.8, 4) is 0 Å². The molecule has 0 saturated carbocycles. The Morgan fingerprint density at radius 2 is 2.62 bits per heavy atom. The summed E-state index contributed by atoms with van der Waals surface area (Å²) in [6.07, 6.45) is 3.56. The van der Waals surface area contributed by atoms with Crippen LogP contribution < -0.4 is 5.32 Å². The number of furan rings is 1. The molecule has 3 nitrogen and oxygen atoms in total. The first-order valence-electron chi connectivity index (χ1n) is 4.81. The second-order valence-corrected chi connectivity index (χ2v) is 3.72. The predicted molar refractivity (Wildman–Crippen MR) is 51.4 cm³/mol. The van der Waals surface area contributed by atoms with E-state index < -0.39 is 0 Å². The molecule has 2 heterocycles. The van der Waals surface area contributed by atoms with Gasteiger partial charge in [0, 0.05) is 37.8 Å². The molecule has 13 heavy (non-hydrogen) atoms. The fourth-order valence-electron chi connectivity index (χ4n) is 1.80. The summed E-state index contributed by atoms with van der Waals surface area (Å²) in [4.78, 5) is 2.45. The molecule has 1 aromatic heterocycles. The molecule has 0 aromatic carbocycles. The Morgan fingerprint density at radius 1 is 1.69 bits per heavy atom. The summed E-state index contributed by atoms with van der Waals surface area (Å²) in [5.41, 5.74) is 1.27. The van der Waals surface area contributed by atoms with Crippen LogP contribution in [0.4, 0.5) is 0 Å². The quantitative estimate of drug-likeness (QED) is 0.738. The van der Waals surface area contributed by atoms with Crippen LogP contribution in [0.2, 0.25) is 0 Å². The monoisotopic (exact) mass is 180 g/mol. The van der Waals surface area contributed by atoms with Gasteiger partial charge in [0.05, 0.1) is 12.5 Å². The SMILES string of the molecule is CC1CN(Cc2ccoc2)CCN1. The predicted octanol–water partition coefficient (Wildman–Crippen LogP) is 1.07. The van der Waals surface area contributed by atoms with Gasteiger partial charge in [0.2, 0.25) is 0 Å². The van der Waals surface area contributed by atoms with Gasteiger partial charge < -0.3 is 9.73 Å². The molecule has 0 amide bonds. The molecule has 1 atom stereocenters. The summed E-state index contributed by atoms with van der Waals surface area (Å²) >= 11 is 0. The fraction of sp³-hybridized carbons (Fsp3) is 0.600. The molecular formula is C10H16N2O. The van der Waals surface area contributed by atoms with E-state index >= 15 is 0 Å². The van der Waals surface area contributed by atoms with Crippen molar-refractivity contribution in [2.24, 2.45) is 0 Å². The average molecular weight is 180 g/mol. The van der Waals surface area contributed by atoms with Crippen molar-refractivity contribution in [1.29, 1.82) is 0 Å². The Labute approximate surface area is 78.7 Å². The summed E-state index contributed by atoms with van der Waals surface area (Å²) in [6.45, 7) is 6.60. The van der Waals surface area contributed by atoms with Crippen LogP contribution in [0.15, 0.2) is 23.0 Å². The molecule has 0 bridgehead atoms. The zero-order valence-corrected chi connectivity index (χ0v) is 7.99. The van der Waals surface area contributed by atoms with Crippen molar-refractivity contribution < 1.29 is 4.42 Å². The Kier molecular flexibility index (Phi) is 2.66. The first kappa shape index (κ1) is 8.78. The van der Waals surface area contributed by atoms with Gasteiger partial charge in [-0.3, -0.25) is 4.90 Å². The molecule has 1 fully saturated rings. The first-order valence-corrected chi connectivity index (χ1v) is 4.81. The van der Waals surface area contributed by atoms with Crippen LogP contribution in [0.25, 0.3) is 0 Å². The summed E-state index contributed by atoms with van der Waals surface area (Å²) in [5.74, 6) is 0. The molecule has 1 aliphatic rings. The summed E-state index contributed by atoms with van der Waals surface area (Å²) < 4.78 is 5.04. The minimum atomic E-state index is 0.612. The zero-order valence-electron chi connectivity index (χ0n) is 7.99. The molecule has 1 N–H and O–H groups in total. The third kappa shape index (κ3) is 2.32. The van der Waals surface area contributed by atoms with E-state index in [4.69, 9.17) is 4.42 Å². The van der Waals surface area contributed by atoms with Gasteiger partial charge in [-0.1, -0.05) is 0 Å². The van der Waals surface area contributed by atoms with Gasteiger partial charge in [-0.05, 0) is 13.0 Å². The van der Waals surface area contributed by atoms with Crippen molar-refractivity contribution in [3.05, 3.63) is 24.2 Å². The number of hydrogen-bond donors (Lipinski definition) is 1. The van der Waals surface area contributed by atoms with Gasteiger partial charge in [0.25, 0.3) is 0 Å². The fourth-order valence-corrected chi connectivity index (χ4v) is 1.80. The van der Waals surface area contributed by atoms with Crippen molar-refractivity contribution in [1.82, 2.24) is 10.2 Å². The molecule has 0 radical (unpaired) electrons. The number of nitrogens with one attached hydrogen (secondary N) is 1. The second-order valence-electron chi connectivity index (χ2n) is 3.72. The molecule has 1 aromatic rings. The summed E-state index contributed by atoms with van der Waals surface area (Å²) in [6, 6.07) is 2.65. The summed E-state index contributed by atoms with van der Waals surface area (Å²) in [7, 11) is 0. The highest BCUT2D eigenvalue weighted by atomic mass is 16.3. The van der Waals surface area contributed by atoms with Crippen LogP contribution in [-0.2, 0) is 6.54 Å². The maximum Gasteiger partial charge on any atom is 0.0947 e. The maximum atomic E-state index is 5.04. The lowest BCUT2D eigenvalue weighted by molar-refractivity contribution is 0.199. The van der Waals surface area contributed by atoms with Crippen molar-refractivity contribution in [2.45, 2.75) is 19.5 Å². The Balaban J connectivity index is 1.87. The Bertz CT molecular complexity index is 245. The van der Waals surface area contributed by atoms with Crippen LogP contribution in [-0.4, -0.2) is 30.6 Å². The van der Waals surface area contributed by atoms with E-state index in [0.717, 1.165) is 26.2 Å². The number of rotatable bonds is 2. The lowest BCUT2D eigenvalue weighted by Crippen LogP contribution is -2.48. The minimum Gasteiger partial charge on any atom is -0.472 e. The highest BCUT2D eigenvalue weighted by molar-refractivity contribution is 5.05. The molecule has 1 aliphatic heterocycles. The topological polar surface area (TPSA) is 28.4 Å². The molecule has 1 unspecified atom stereocenters. The lowest BCUT2D eigenvalue weighted by atomic mass is 10.2.